The van der Waals surface area contributed by atoms with Crippen LogP contribution in [-0.4, -0.2) is 22.5 Å². The highest BCUT2D eigenvalue weighted by atomic mass is 16.6. The molecule has 0 aromatic carbocycles. The molecule has 7 nitrogen and oxygen atoms in total. The molecule has 0 amide bonds. The summed E-state index contributed by atoms with van der Waals surface area (Å²) in [5.74, 6) is -0.733. The SMILES string of the molecule is CCOC(=O)Cc1ccnc(N)c1[N+](=O)[O-]. The van der Waals surface area contributed by atoms with E-state index in [1.807, 2.05) is 0 Å². The maximum Gasteiger partial charge on any atom is 0.314 e. The summed E-state index contributed by atoms with van der Waals surface area (Å²) in [6, 6.07) is 1.38. The Morgan fingerprint density at radius 1 is 1.69 bits per heavy atom. The van der Waals surface area contributed by atoms with Gasteiger partial charge in [0, 0.05) is 11.8 Å². The van der Waals surface area contributed by atoms with Gasteiger partial charge in [0.25, 0.3) is 0 Å². The number of pyridine rings is 1. The molecule has 0 aliphatic rings. The van der Waals surface area contributed by atoms with Crippen molar-refractivity contribution < 1.29 is 14.5 Å². The fourth-order valence-electron chi connectivity index (χ4n) is 1.23. The van der Waals surface area contributed by atoms with Gasteiger partial charge in [-0.1, -0.05) is 0 Å². The summed E-state index contributed by atoms with van der Waals surface area (Å²) in [6.07, 6.45) is 1.13. The van der Waals surface area contributed by atoms with Gasteiger partial charge >= 0.3 is 11.7 Å². The van der Waals surface area contributed by atoms with Gasteiger partial charge in [-0.05, 0) is 13.0 Å². The Kier molecular flexibility index (Phi) is 3.76. The first-order chi connectivity index (χ1) is 7.56. The minimum absolute atomic E-state index is 0.184. The molecule has 0 fully saturated rings. The van der Waals surface area contributed by atoms with E-state index in [4.69, 9.17) is 10.5 Å². The van der Waals surface area contributed by atoms with Gasteiger partial charge in [-0.3, -0.25) is 14.9 Å². The van der Waals surface area contributed by atoms with Crippen molar-refractivity contribution in [1.29, 1.82) is 0 Å². The van der Waals surface area contributed by atoms with E-state index in [0.29, 0.717) is 0 Å². The highest BCUT2D eigenvalue weighted by molar-refractivity contribution is 5.75. The lowest BCUT2D eigenvalue weighted by atomic mass is 10.1. The molecular formula is C9H11N3O4. The molecule has 0 aliphatic heterocycles. The topological polar surface area (TPSA) is 108 Å². The van der Waals surface area contributed by atoms with Gasteiger partial charge in [0.2, 0.25) is 5.82 Å². The number of ether oxygens (including phenoxy) is 1. The number of nitrogens with zero attached hydrogens (tertiary/aromatic N) is 2. The van der Waals surface area contributed by atoms with E-state index >= 15 is 0 Å². The number of hydrogen-bond donors (Lipinski definition) is 1. The Labute approximate surface area is 91.4 Å². The molecule has 2 N–H and O–H groups in total. The van der Waals surface area contributed by atoms with Crippen molar-refractivity contribution in [3.8, 4) is 0 Å². The van der Waals surface area contributed by atoms with Gasteiger partial charge in [0.1, 0.15) is 0 Å². The second-order valence-corrected chi connectivity index (χ2v) is 2.94. The molecule has 0 bridgehead atoms. The Balaban J connectivity index is 3.00. The predicted molar refractivity (Wildman–Crippen MR) is 55.6 cm³/mol. The Bertz CT molecular complexity index is 419. The number of carbonyl (C=O) groups is 1. The maximum atomic E-state index is 11.2. The lowest BCUT2D eigenvalue weighted by Gasteiger charge is -2.04. The van der Waals surface area contributed by atoms with Gasteiger partial charge in [-0.15, -0.1) is 0 Å². The summed E-state index contributed by atoms with van der Waals surface area (Å²) in [6.45, 7) is 1.89. The average Bonchev–Trinajstić information content (AvgIpc) is 2.17. The average molecular weight is 225 g/mol. The Morgan fingerprint density at radius 2 is 2.38 bits per heavy atom. The van der Waals surface area contributed by atoms with Crippen molar-refractivity contribution in [1.82, 2.24) is 4.98 Å². The molecule has 0 saturated carbocycles. The van der Waals surface area contributed by atoms with Crippen LogP contribution >= 0.6 is 0 Å². The van der Waals surface area contributed by atoms with Crippen molar-refractivity contribution >= 4 is 17.5 Å². The van der Waals surface area contributed by atoms with Gasteiger partial charge in [-0.25, -0.2) is 4.98 Å². The number of nitrogens with two attached hydrogens (primary N) is 1. The van der Waals surface area contributed by atoms with E-state index in [9.17, 15) is 14.9 Å². The number of esters is 1. The third kappa shape index (κ3) is 2.66. The fourth-order valence-corrected chi connectivity index (χ4v) is 1.23. The first-order valence-corrected chi connectivity index (χ1v) is 4.59. The molecule has 0 atom stereocenters. The third-order valence-corrected chi connectivity index (χ3v) is 1.86. The summed E-state index contributed by atoms with van der Waals surface area (Å²) >= 11 is 0. The Hall–Kier alpha value is -2.18. The molecule has 0 aliphatic carbocycles. The number of nitrogen functional groups attached to an aromatic ring is 1. The fraction of sp³-hybridized carbons (Fsp3) is 0.333. The number of nitro groups is 1. The molecule has 1 heterocycles. The molecule has 1 rings (SSSR count). The van der Waals surface area contributed by atoms with E-state index < -0.39 is 10.9 Å². The zero-order chi connectivity index (χ0) is 12.1. The first kappa shape index (κ1) is 11.9. The molecule has 0 radical (unpaired) electrons. The third-order valence-electron chi connectivity index (χ3n) is 1.86. The Morgan fingerprint density at radius 3 is 2.94 bits per heavy atom. The van der Waals surface area contributed by atoms with E-state index in [2.05, 4.69) is 4.98 Å². The smallest absolute Gasteiger partial charge is 0.314 e. The zero-order valence-electron chi connectivity index (χ0n) is 8.67. The number of anilines is 1. The highest BCUT2D eigenvalue weighted by Crippen LogP contribution is 2.24. The second kappa shape index (κ2) is 5.06. The van der Waals surface area contributed by atoms with Crippen LogP contribution in [0.1, 0.15) is 12.5 Å². The van der Waals surface area contributed by atoms with Crippen molar-refractivity contribution in [3.63, 3.8) is 0 Å². The summed E-state index contributed by atoms with van der Waals surface area (Å²) in [5.41, 5.74) is 5.23. The standard InChI is InChI=1S/C9H11N3O4/c1-2-16-7(13)5-6-3-4-11-9(10)8(6)12(14)15/h3-4H,2,5H2,1H3,(H2,10,11). The summed E-state index contributed by atoms with van der Waals surface area (Å²) < 4.78 is 4.70. The van der Waals surface area contributed by atoms with Gasteiger partial charge in [0.05, 0.1) is 18.0 Å². The van der Waals surface area contributed by atoms with E-state index in [0.717, 1.165) is 0 Å². The summed E-state index contributed by atoms with van der Waals surface area (Å²) in [4.78, 5) is 24.9. The lowest BCUT2D eigenvalue weighted by molar-refractivity contribution is -0.384. The van der Waals surface area contributed by atoms with Crippen LogP contribution in [0, 0.1) is 10.1 Å². The molecule has 0 saturated heterocycles. The van der Waals surface area contributed by atoms with Crippen LogP contribution in [0.5, 0.6) is 0 Å². The summed E-state index contributed by atoms with van der Waals surface area (Å²) in [5, 5.41) is 10.7. The highest BCUT2D eigenvalue weighted by Gasteiger charge is 2.21. The largest absolute Gasteiger partial charge is 0.466 e. The minimum Gasteiger partial charge on any atom is -0.466 e. The quantitative estimate of drug-likeness (QED) is 0.458. The summed E-state index contributed by atoms with van der Waals surface area (Å²) in [7, 11) is 0. The number of carbonyl (C=O) groups excluding carboxylic acids is 1. The van der Waals surface area contributed by atoms with E-state index in [1.54, 1.807) is 6.92 Å². The number of rotatable bonds is 4. The molecule has 86 valence electrons. The molecule has 16 heavy (non-hydrogen) atoms. The number of hydrogen-bond acceptors (Lipinski definition) is 6. The van der Waals surface area contributed by atoms with Crippen molar-refractivity contribution in [2.45, 2.75) is 13.3 Å². The maximum absolute atomic E-state index is 11.2. The first-order valence-electron chi connectivity index (χ1n) is 4.59. The lowest BCUT2D eigenvalue weighted by Crippen LogP contribution is -2.10. The van der Waals surface area contributed by atoms with Crippen LogP contribution < -0.4 is 5.73 Å². The zero-order valence-corrected chi connectivity index (χ0v) is 8.67. The van der Waals surface area contributed by atoms with Crippen molar-refractivity contribution in [2.75, 3.05) is 12.3 Å². The normalized spacial score (nSPS) is 9.81. The van der Waals surface area contributed by atoms with Crippen LogP contribution in [0.4, 0.5) is 11.5 Å². The van der Waals surface area contributed by atoms with Crippen LogP contribution in [-0.2, 0) is 16.0 Å². The van der Waals surface area contributed by atoms with Crippen molar-refractivity contribution in [2.24, 2.45) is 0 Å². The van der Waals surface area contributed by atoms with Crippen LogP contribution in [0.15, 0.2) is 12.3 Å². The van der Waals surface area contributed by atoms with Gasteiger partial charge in [-0.2, -0.15) is 0 Å². The van der Waals surface area contributed by atoms with E-state index in [1.165, 1.54) is 12.3 Å². The van der Waals surface area contributed by atoms with E-state index in [-0.39, 0.29) is 30.1 Å². The monoisotopic (exact) mass is 225 g/mol. The van der Waals surface area contributed by atoms with Gasteiger partial charge in [0.15, 0.2) is 0 Å². The van der Waals surface area contributed by atoms with Crippen LogP contribution in [0.3, 0.4) is 0 Å². The molecule has 1 aromatic rings. The number of aromatic nitrogens is 1. The molecule has 0 spiro atoms. The minimum atomic E-state index is -0.656. The van der Waals surface area contributed by atoms with Crippen molar-refractivity contribution in [3.05, 3.63) is 27.9 Å². The van der Waals surface area contributed by atoms with Crippen LogP contribution in [0.2, 0.25) is 0 Å². The van der Waals surface area contributed by atoms with Gasteiger partial charge < -0.3 is 10.5 Å². The molecule has 0 unspecified atom stereocenters. The molecule has 7 heteroatoms. The second-order valence-electron chi connectivity index (χ2n) is 2.94. The molecule has 1 aromatic heterocycles. The molecular weight excluding hydrogens is 214 g/mol. The predicted octanol–water partition coefficient (Wildman–Crippen LogP) is 0.678. The van der Waals surface area contributed by atoms with Crippen LogP contribution in [0.25, 0.3) is 0 Å².